The molecule has 6 nitrogen and oxygen atoms in total. The Labute approximate surface area is 118 Å². The van der Waals surface area contributed by atoms with Gasteiger partial charge in [-0.25, -0.2) is 0 Å². The van der Waals surface area contributed by atoms with E-state index in [1.807, 2.05) is 19.0 Å². The number of likely N-dealkylation sites (tertiary alicyclic amines) is 1. The molecule has 2 amide bonds. The first-order valence-electron chi connectivity index (χ1n) is 6.38. The molecule has 0 spiro atoms. The number of aliphatic hydroxyl groups excluding tert-OH is 1. The summed E-state index contributed by atoms with van der Waals surface area (Å²) >= 11 is 1.37. The van der Waals surface area contributed by atoms with Crippen molar-refractivity contribution in [2.45, 2.75) is 25.0 Å². The van der Waals surface area contributed by atoms with E-state index in [2.05, 4.69) is 0 Å². The Morgan fingerprint density at radius 2 is 2.16 bits per heavy atom. The van der Waals surface area contributed by atoms with Crippen molar-refractivity contribution in [1.29, 1.82) is 0 Å². The molecule has 0 bridgehead atoms. The molecular weight excluding hydrogens is 266 g/mol. The second-order valence-corrected chi connectivity index (χ2v) is 6.23. The zero-order valence-electron chi connectivity index (χ0n) is 11.5. The van der Waals surface area contributed by atoms with Gasteiger partial charge in [-0.3, -0.25) is 9.59 Å². The third-order valence-corrected chi connectivity index (χ3v) is 3.97. The van der Waals surface area contributed by atoms with Gasteiger partial charge < -0.3 is 20.6 Å². The number of thioether (sulfide) groups is 1. The molecule has 1 aliphatic rings. The Balaban J connectivity index is 2.38. The van der Waals surface area contributed by atoms with Crippen LogP contribution in [0.15, 0.2) is 0 Å². The van der Waals surface area contributed by atoms with E-state index in [-0.39, 0.29) is 23.6 Å². The number of nitrogens with zero attached hydrogens (tertiary/aromatic N) is 2. The Morgan fingerprint density at radius 3 is 2.74 bits per heavy atom. The number of hydrogen-bond donors (Lipinski definition) is 2. The molecule has 0 aromatic heterocycles. The first-order chi connectivity index (χ1) is 8.90. The summed E-state index contributed by atoms with van der Waals surface area (Å²) in [6, 6.07) is 0.0821. The molecule has 1 aliphatic heterocycles. The predicted molar refractivity (Wildman–Crippen MR) is 75.8 cm³/mol. The summed E-state index contributed by atoms with van der Waals surface area (Å²) in [6.45, 7) is 1.18. The fourth-order valence-electron chi connectivity index (χ4n) is 2.27. The first kappa shape index (κ1) is 16.3. The molecule has 7 heteroatoms. The average molecular weight is 289 g/mol. The Hall–Kier alpha value is -0.790. The average Bonchev–Trinajstić information content (AvgIpc) is 2.64. The lowest BCUT2D eigenvalue weighted by Crippen LogP contribution is -2.41. The summed E-state index contributed by atoms with van der Waals surface area (Å²) in [5.41, 5.74) is 5.03. The van der Waals surface area contributed by atoms with Crippen LogP contribution in [0.4, 0.5) is 0 Å². The molecule has 1 fully saturated rings. The Bertz CT molecular complexity index is 325. The minimum Gasteiger partial charge on any atom is -0.391 e. The van der Waals surface area contributed by atoms with Crippen molar-refractivity contribution in [2.75, 3.05) is 38.7 Å². The summed E-state index contributed by atoms with van der Waals surface area (Å²) in [7, 11) is 3.91. The van der Waals surface area contributed by atoms with Crippen LogP contribution in [0.25, 0.3) is 0 Å². The van der Waals surface area contributed by atoms with Crippen LogP contribution < -0.4 is 5.73 Å². The van der Waals surface area contributed by atoms with Crippen molar-refractivity contribution >= 4 is 23.6 Å². The van der Waals surface area contributed by atoms with Crippen LogP contribution in [0.2, 0.25) is 0 Å². The van der Waals surface area contributed by atoms with Crippen molar-refractivity contribution in [3.63, 3.8) is 0 Å². The van der Waals surface area contributed by atoms with Gasteiger partial charge in [-0.1, -0.05) is 0 Å². The number of primary amides is 1. The number of amides is 2. The number of nitrogens with two attached hydrogens (primary N) is 1. The fraction of sp³-hybridized carbons (Fsp3) is 0.833. The molecule has 0 aromatic rings. The number of carbonyl (C=O) groups excluding carboxylic acids is 2. The highest BCUT2D eigenvalue weighted by atomic mass is 32.2. The van der Waals surface area contributed by atoms with Gasteiger partial charge in [-0.15, -0.1) is 0 Å². The van der Waals surface area contributed by atoms with Crippen LogP contribution in [-0.4, -0.2) is 77.6 Å². The van der Waals surface area contributed by atoms with Gasteiger partial charge in [0.25, 0.3) is 0 Å². The summed E-state index contributed by atoms with van der Waals surface area (Å²) in [6.07, 6.45) is 0.597. The van der Waals surface area contributed by atoms with Crippen LogP contribution in [0.5, 0.6) is 0 Å². The highest BCUT2D eigenvalue weighted by Gasteiger charge is 2.33. The van der Waals surface area contributed by atoms with E-state index in [0.29, 0.717) is 25.1 Å². The Morgan fingerprint density at radius 1 is 1.47 bits per heavy atom. The zero-order chi connectivity index (χ0) is 14.4. The van der Waals surface area contributed by atoms with Gasteiger partial charge in [-0.05, 0) is 20.5 Å². The third kappa shape index (κ3) is 5.80. The van der Waals surface area contributed by atoms with E-state index in [4.69, 9.17) is 5.73 Å². The maximum atomic E-state index is 12.1. The number of likely N-dealkylation sites (N-methyl/N-ethyl adjacent to an activating group) is 1. The van der Waals surface area contributed by atoms with Crippen molar-refractivity contribution in [1.82, 2.24) is 9.80 Å². The standard InChI is InChI=1S/C12H23N3O3S/c1-14(2)6-9-5-10(16)7-15(9)12(18)3-4-19-8-11(13)17/h9-10,16H,3-8H2,1-2H3,(H2,13,17). The Kier molecular flexibility index (Phi) is 6.60. The van der Waals surface area contributed by atoms with Gasteiger partial charge >= 0.3 is 0 Å². The van der Waals surface area contributed by atoms with Gasteiger partial charge in [0, 0.05) is 31.3 Å². The SMILES string of the molecule is CN(C)CC1CC(O)CN1C(=O)CCSCC(N)=O. The molecule has 1 heterocycles. The normalized spacial score (nSPS) is 23.1. The summed E-state index contributed by atoms with van der Waals surface area (Å²) < 4.78 is 0. The van der Waals surface area contributed by atoms with Gasteiger partial charge in [0.15, 0.2) is 0 Å². The maximum absolute atomic E-state index is 12.1. The molecule has 2 unspecified atom stereocenters. The molecule has 110 valence electrons. The van der Waals surface area contributed by atoms with Crippen LogP contribution in [0.1, 0.15) is 12.8 Å². The molecule has 0 saturated carbocycles. The van der Waals surface area contributed by atoms with E-state index in [9.17, 15) is 14.7 Å². The smallest absolute Gasteiger partial charge is 0.227 e. The van der Waals surface area contributed by atoms with Gasteiger partial charge in [0.05, 0.1) is 11.9 Å². The predicted octanol–water partition coefficient (Wildman–Crippen LogP) is -0.882. The summed E-state index contributed by atoms with van der Waals surface area (Å²) in [4.78, 5) is 26.5. The highest BCUT2D eigenvalue weighted by molar-refractivity contribution is 7.99. The molecule has 1 rings (SSSR count). The topological polar surface area (TPSA) is 86.9 Å². The monoisotopic (exact) mass is 289 g/mol. The number of β-amino-alcohol motifs (C(OH)–C–C–N with tert-alkyl or cyclic N) is 1. The van der Waals surface area contributed by atoms with Gasteiger partial charge in [0.1, 0.15) is 0 Å². The first-order valence-corrected chi connectivity index (χ1v) is 7.54. The van der Waals surface area contributed by atoms with E-state index < -0.39 is 6.10 Å². The molecule has 2 atom stereocenters. The molecular formula is C12H23N3O3S. The number of aliphatic hydroxyl groups is 1. The summed E-state index contributed by atoms with van der Waals surface area (Å²) in [5, 5.41) is 9.70. The fourth-order valence-corrected chi connectivity index (χ4v) is 2.93. The number of hydrogen-bond acceptors (Lipinski definition) is 5. The zero-order valence-corrected chi connectivity index (χ0v) is 12.4. The van der Waals surface area contributed by atoms with Crippen LogP contribution >= 0.6 is 11.8 Å². The lowest BCUT2D eigenvalue weighted by molar-refractivity contribution is -0.132. The van der Waals surface area contributed by atoms with E-state index in [0.717, 1.165) is 6.54 Å². The van der Waals surface area contributed by atoms with E-state index in [1.54, 1.807) is 4.90 Å². The second kappa shape index (κ2) is 7.72. The molecule has 0 aliphatic carbocycles. The van der Waals surface area contributed by atoms with Crippen LogP contribution in [0.3, 0.4) is 0 Å². The third-order valence-electron chi connectivity index (χ3n) is 2.99. The maximum Gasteiger partial charge on any atom is 0.227 e. The highest BCUT2D eigenvalue weighted by Crippen LogP contribution is 2.20. The van der Waals surface area contributed by atoms with Gasteiger partial charge in [0.2, 0.25) is 11.8 Å². The molecule has 0 radical (unpaired) electrons. The number of carbonyl (C=O) groups is 2. The number of rotatable bonds is 7. The lowest BCUT2D eigenvalue weighted by atomic mass is 10.2. The van der Waals surface area contributed by atoms with Gasteiger partial charge in [-0.2, -0.15) is 11.8 Å². The van der Waals surface area contributed by atoms with Crippen molar-refractivity contribution in [3.8, 4) is 0 Å². The van der Waals surface area contributed by atoms with Crippen molar-refractivity contribution < 1.29 is 14.7 Å². The van der Waals surface area contributed by atoms with E-state index in [1.165, 1.54) is 11.8 Å². The quantitative estimate of drug-likeness (QED) is 0.594. The molecule has 0 aromatic carbocycles. The van der Waals surface area contributed by atoms with Crippen LogP contribution in [-0.2, 0) is 9.59 Å². The van der Waals surface area contributed by atoms with E-state index >= 15 is 0 Å². The van der Waals surface area contributed by atoms with Crippen molar-refractivity contribution in [2.24, 2.45) is 5.73 Å². The summed E-state index contributed by atoms with van der Waals surface area (Å²) in [5.74, 6) is 0.514. The largest absolute Gasteiger partial charge is 0.391 e. The molecule has 3 N–H and O–H groups in total. The second-order valence-electron chi connectivity index (χ2n) is 5.12. The minimum atomic E-state index is -0.424. The van der Waals surface area contributed by atoms with Crippen molar-refractivity contribution in [3.05, 3.63) is 0 Å². The van der Waals surface area contributed by atoms with Crippen LogP contribution in [0, 0.1) is 0 Å². The lowest BCUT2D eigenvalue weighted by Gasteiger charge is -2.26. The minimum absolute atomic E-state index is 0.0420. The molecule has 1 saturated heterocycles. The molecule has 19 heavy (non-hydrogen) atoms.